The molecule has 0 bridgehead atoms. The van der Waals surface area contributed by atoms with Crippen LogP contribution in [0.1, 0.15) is 16.2 Å². The number of benzene rings is 1. The molecule has 8 heteroatoms. The predicted octanol–water partition coefficient (Wildman–Crippen LogP) is 2.49. The molecule has 1 heterocycles. The highest BCUT2D eigenvalue weighted by molar-refractivity contribution is 6.34. The number of aromatic nitrogens is 2. The number of aryl methyl sites for hydroxylation is 2. The monoisotopic (exact) mass is 300 g/mol. The first-order valence-corrected chi connectivity index (χ1v) is 5.94. The summed E-state index contributed by atoms with van der Waals surface area (Å²) < 4.78 is 27.8. The van der Waals surface area contributed by atoms with Crippen LogP contribution < -0.4 is 11.1 Å². The van der Waals surface area contributed by atoms with Gasteiger partial charge in [-0.1, -0.05) is 11.6 Å². The van der Waals surface area contributed by atoms with Crippen molar-refractivity contribution in [3.05, 3.63) is 40.2 Å². The van der Waals surface area contributed by atoms with Gasteiger partial charge in [-0.15, -0.1) is 0 Å². The first kappa shape index (κ1) is 14.3. The van der Waals surface area contributed by atoms with Crippen LogP contribution in [-0.4, -0.2) is 15.7 Å². The van der Waals surface area contributed by atoms with E-state index in [0.717, 1.165) is 6.07 Å². The van der Waals surface area contributed by atoms with Crippen LogP contribution in [0.3, 0.4) is 0 Å². The van der Waals surface area contributed by atoms with E-state index >= 15 is 0 Å². The fourth-order valence-electron chi connectivity index (χ4n) is 1.78. The molecule has 20 heavy (non-hydrogen) atoms. The maximum Gasteiger partial charge on any atom is 0.276 e. The van der Waals surface area contributed by atoms with Crippen molar-refractivity contribution in [1.29, 1.82) is 0 Å². The Bertz CT molecular complexity index is 676. The van der Waals surface area contributed by atoms with Gasteiger partial charge in [-0.3, -0.25) is 9.48 Å². The Balaban J connectivity index is 2.38. The molecule has 0 radical (unpaired) electrons. The molecule has 0 atom stereocenters. The molecule has 0 fully saturated rings. The third-order valence-electron chi connectivity index (χ3n) is 2.73. The maximum atomic E-state index is 13.6. The number of halogens is 3. The molecule has 0 aliphatic carbocycles. The smallest absolute Gasteiger partial charge is 0.276 e. The van der Waals surface area contributed by atoms with Gasteiger partial charge in [0.2, 0.25) is 0 Å². The number of hydrogen-bond acceptors (Lipinski definition) is 3. The minimum absolute atomic E-state index is 0.0716. The minimum Gasteiger partial charge on any atom is -0.395 e. The third-order valence-corrected chi connectivity index (χ3v) is 3.03. The Labute approximate surface area is 118 Å². The Morgan fingerprint density at radius 2 is 2.10 bits per heavy atom. The average Bonchev–Trinajstić information content (AvgIpc) is 2.58. The molecular weight excluding hydrogens is 290 g/mol. The van der Waals surface area contributed by atoms with Gasteiger partial charge in [0.1, 0.15) is 11.5 Å². The molecule has 0 unspecified atom stereocenters. The molecule has 0 spiro atoms. The summed E-state index contributed by atoms with van der Waals surface area (Å²) in [6.45, 7) is 1.64. The fraction of sp³-hybridized carbons (Fsp3) is 0.167. The second-order valence-corrected chi connectivity index (χ2v) is 4.58. The van der Waals surface area contributed by atoms with Crippen LogP contribution in [0.2, 0.25) is 5.02 Å². The standard InChI is InChI=1S/C12H11ClF2N4O/c1-5-9(16)11(19(2)18-5)12(20)17-10-7(13)3-6(14)4-8(10)15/h3-4H,16H2,1-2H3,(H,17,20). The fourth-order valence-corrected chi connectivity index (χ4v) is 2.02. The molecule has 0 saturated carbocycles. The van der Waals surface area contributed by atoms with Crippen LogP contribution in [0.25, 0.3) is 0 Å². The molecule has 1 aromatic carbocycles. The lowest BCUT2D eigenvalue weighted by molar-refractivity contribution is 0.101. The van der Waals surface area contributed by atoms with Crippen molar-refractivity contribution in [2.75, 3.05) is 11.1 Å². The Kier molecular flexibility index (Phi) is 3.63. The molecule has 1 aromatic heterocycles. The minimum atomic E-state index is -0.971. The topological polar surface area (TPSA) is 72.9 Å². The number of anilines is 2. The van der Waals surface area contributed by atoms with Crippen molar-refractivity contribution >= 4 is 28.9 Å². The second-order valence-electron chi connectivity index (χ2n) is 4.17. The lowest BCUT2D eigenvalue weighted by Gasteiger charge is -2.09. The molecule has 3 N–H and O–H groups in total. The molecule has 2 rings (SSSR count). The molecule has 0 aliphatic rings. The predicted molar refractivity (Wildman–Crippen MR) is 71.7 cm³/mol. The van der Waals surface area contributed by atoms with Gasteiger partial charge in [-0.2, -0.15) is 5.10 Å². The maximum absolute atomic E-state index is 13.6. The zero-order valence-electron chi connectivity index (χ0n) is 10.7. The number of nitrogens with two attached hydrogens (primary N) is 1. The number of nitrogen functional groups attached to an aromatic ring is 1. The van der Waals surface area contributed by atoms with Crippen molar-refractivity contribution in [2.45, 2.75) is 6.92 Å². The van der Waals surface area contributed by atoms with Gasteiger partial charge in [0.25, 0.3) is 5.91 Å². The lowest BCUT2D eigenvalue weighted by Crippen LogP contribution is -2.18. The van der Waals surface area contributed by atoms with Crippen LogP contribution in [0.4, 0.5) is 20.2 Å². The molecule has 0 aliphatic heterocycles. The van der Waals surface area contributed by atoms with Gasteiger partial charge in [-0.25, -0.2) is 8.78 Å². The van der Waals surface area contributed by atoms with Crippen LogP contribution in [0.15, 0.2) is 12.1 Å². The van der Waals surface area contributed by atoms with Gasteiger partial charge in [0.15, 0.2) is 5.82 Å². The van der Waals surface area contributed by atoms with E-state index in [1.807, 2.05) is 0 Å². The van der Waals surface area contributed by atoms with Crippen molar-refractivity contribution in [2.24, 2.45) is 7.05 Å². The summed E-state index contributed by atoms with van der Waals surface area (Å²) in [4.78, 5) is 12.1. The molecule has 106 valence electrons. The number of rotatable bonds is 2. The van der Waals surface area contributed by atoms with E-state index in [9.17, 15) is 13.6 Å². The zero-order chi connectivity index (χ0) is 15.0. The SMILES string of the molecule is Cc1nn(C)c(C(=O)Nc2c(F)cc(F)cc2Cl)c1N. The first-order valence-electron chi connectivity index (χ1n) is 5.56. The number of amides is 1. The summed E-state index contributed by atoms with van der Waals surface area (Å²) in [7, 11) is 1.53. The molecule has 1 amide bonds. The van der Waals surface area contributed by atoms with Gasteiger partial charge >= 0.3 is 0 Å². The number of nitrogens with one attached hydrogen (secondary N) is 1. The van der Waals surface area contributed by atoms with Crippen molar-refractivity contribution < 1.29 is 13.6 Å². The summed E-state index contributed by atoms with van der Waals surface area (Å²) in [5, 5.41) is 6.00. The van der Waals surface area contributed by atoms with Crippen molar-refractivity contribution in [3.63, 3.8) is 0 Å². The van der Waals surface area contributed by atoms with E-state index in [1.165, 1.54) is 11.7 Å². The van der Waals surface area contributed by atoms with E-state index in [0.29, 0.717) is 11.8 Å². The number of carbonyl (C=O) groups excluding carboxylic acids is 1. The Morgan fingerprint density at radius 3 is 2.60 bits per heavy atom. The normalized spacial score (nSPS) is 10.7. The van der Waals surface area contributed by atoms with Gasteiger partial charge in [-0.05, 0) is 13.0 Å². The average molecular weight is 301 g/mol. The lowest BCUT2D eigenvalue weighted by atomic mass is 10.2. The summed E-state index contributed by atoms with van der Waals surface area (Å²) in [6, 6.07) is 1.53. The number of nitrogens with zero attached hydrogens (tertiary/aromatic N) is 2. The molecule has 0 saturated heterocycles. The molecular formula is C12H11ClF2N4O. The quantitative estimate of drug-likeness (QED) is 0.895. The number of carbonyl (C=O) groups is 1. The molecule has 5 nitrogen and oxygen atoms in total. The van der Waals surface area contributed by atoms with Gasteiger partial charge in [0.05, 0.1) is 22.1 Å². The third kappa shape index (κ3) is 2.44. The zero-order valence-corrected chi connectivity index (χ0v) is 11.4. The first-order chi connectivity index (χ1) is 9.31. The highest BCUT2D eigenvalue weighted by Crippen LogP contribution is 2.27. The Morgan fingerprint density at radius 1 is 1.45 bits per heavy atom. The molecule has 2 aromatic rings. The second kappa shape index (κ2) is 5.09. The van der Waals surface area contributed by atoms with E-state index in [1.54, 1.807) is 6.92 Å². The van der Waals surface area contributed by atoms with Crippen molar-refractivity contribution in [3.8, 4) is 0 Å². The van der Waals surface area contributed by atoms with E-state index < -0.39 is 17.5 Å². The highest BCUT2D eigenvalue weighted by atomic mass is 35.5. The van der Waals surface area contributed by atoms with Crippen LogP contribution in [-0.2, 0) is 7.05 Å². The van der Waals surface area contributed by atoms with Crippen LogP contribution in [0.5, 0.6) is 0 Å². The Hall–Kier alpha value is -2.15. The van der Waals surface area contributed by atoms with E-state index in [2.05, 4.69) is 10.4 Å². The summed E-state index contributed by atoms with van der Waals surface area (Å²) in [6.07, 6.45) is 0. The number of hydrogen-bond donors (Lipinski definition) is 2. The van der Waals surface area contributed by atoms with Crippen LogP contribution >= 0.6 is 11.6 Å². The van der Waals surface area contributed by atoms with Crippen LogP contribution in [0, 0.1) is 18.6 Å². The van der Waals surface area contributed by atoms with E-state index in [-0.39, 0.29) is 22.1 Å². The largest absolute Gasteiger partial charge is 0.395 e. The summed E-state index contributed by atoms with van der Waals surface area (Å²) in [5.41, 5.74) is 6.15. The van der Waals surface area contributed by atoms with Gasteiger partial charge in [0, 0.05) is 13.1 Å². The summed E-state index contributed by atoms with van der Waals surface area (Å²) >= 11 is 5.70. The van der Waals surface area contributed by atoms with E-state index in [4.69, 9.17) is 17.3 Å². The van der Waals surface area contributed by atoms with Gasteiger partial charge < -0.3 is 11.1 Å². The highest BCUT2D eigenvalue weighted by Gasteiger charge is 2.20. The van der Waals surface area contributed by atoms with Crippen molar-refractivity contribution in [1.82, 2.24) is 9.78 Å². The summed E-state index contributed by atoms with van der Waals surface area (Å²) in [5.74, 6) is -2.49.